The van der Waals surface area contributed by atoms with E-state index in [2.05, 4.69) is 0 Å². The molecular formula is C23H25ClN2O5. The fourth-order valence-corrected chi connectivity index (χ4v) is 4.50. The molecule has 0 spiro atoms. The van der Waals surface area contributed by atoms with E-state index in [1.807, 2.05) is 0 Å². The minimum absolute atomic E-state index is 0.0173. The fourth-order valence-electron chi connectivity index (χ4n) is 4.24. The summed E-state index contributed by atoms with van der Waals surface area (Å²) in [5.74, 6) is -0.350. The Morgan fingerprint density at radius 3 is 2.61 bits per heavy atom. The molecule has 0 aliphatic carbocycles. The van der Waals surface area contributed by atoms with Gasteiger partial charge in [-0.25, -0.2) is 4.79 Å². The molecule has 7 nitrogen and oxygen atoms in total. The average molecular weight is 445 g/mol. The molecule has 31 heavy (non-hydrogen) atoms. The average Bonchev–Trinajstić information content (AvgIpc) is 2.94. The molecular weight excluding hydrogens is 420 g/mol. The predicted octanol–water partition coefficient (Wildman–Crippen LogP) is 4.03. The van der Waals surface area contributed by atoms with Crippen LogP contribution in [-0.4, -0.2) is 50.7 Å². The minimum Gasteiger partial charge on any atom is -0.508 e. The van der Waals surface area contributed by atoms with Gasteiger partial charge in [0.1, 0.15) is 11.4 Å². The molecule has 2 N–H and O–H groups in total. The van der Waals surface area contributed by atoms with Crippen molar-refractivity contribution in [3.05, 3.63) is 63.7 Å². The van der Waals surface area contributed by atoms with E-state index in [9.17, 15) is 19.8 Å². The van der Waals surface area contributed by atoms with Gasteiger partial charge >= 0.3 is 6.09 Å². The highest BCUT2D eigenvalue weighted by Crippen LogP contribution is 2.42. The lowest BCUT2D eigenvalue weighted by atomic mass is 9.91. The molecule has 1 unspecified atom stereocenters. The first-order valence-corrected chi connectivity index (χ1v) is 10.5. The van der Waals surface area contributed by atoms with Gasteiger partial charge in [0.05, 0.1) is 6.04 Å². The Hall–Kier alpha value is -2.77. The van der Waals surface area contributed by atoms with Crippen LogP contribution in [0.2, 0.25) is 5.02 Å². The maximum Gasteiger partial charge on any atom is 0.410 e. The van der Waals surface area contributed by atoms with Crippen molar-refractivity contribution in [3.63, 3.8) is 0 Å². The number of carbonyl (C=O) groups is 2. The van der Waals surface area contributed by atoms with E-state index in [0.29, 0.717) is 34.7 Å². The van der Waals surface area contributed by atoms with Crippen molar-refractivity contribution in [3.8, 4) is 5.75 Å². The molecule has 0 radical (unpaired) electrons. The number of halogens is 1. The maximum absolute atomic E-state index is 13.0. The van der Waals surface area contributed by atoms with Crippen LogP contribution < -0.4 is 0 Å². The number of phenols is 1. The molecule has 0 fully saturated rings. The Morgan fingerprint density at radius 2 is 1.94 bits per heavy atom. The van der Waals surface area contributed by atoms with Gasteiger partial charge in [-0.1, -0.05) is 29.8 Å². The Morgan fingerprint density at radius 1 is 1.23 bits per heavy atom. The zero-order chi connectivity index (χ0) is 22.5. The lowest BCUT2D eigenvalue weighted by Gasteiger charge is -2.40. The van der Waals surface area contributed by atoms with Crippen LogP contribution in [0.5, 0.6) is 5.75 Å². The molecule has 2 aliphatic heterocycles. The molecule has 2 heterocycles. The number of fused-ring (bicyclic) bond motifs is 2. The van der Waals surface area contributed by atoms with Gasteiger partial charge in [-0.15, -0.1) is 0 Å². The predicted molar refractivity (Wildman–Crippen MR) is 115 cm³/mol. The van der Waals surface area contributed by atoms with Crippen molar-refractivity contribution < 1.29 is 24.5 Å². The smallest absolute Gasteiger partial charge is 0.410 e. The molecule has 0 saturated carbocycles. The Balaban J connectivity index is 1.74. The summed E-state index contributed by atoms with van der Waals surface area (Å²) in [5.41, 5.74) is 1.43. The molecule has 2 aromatic carbocycles. The van der Waals surface area contributed by atoms with Crippen LogP contribution in [0.3, 0.4) is 0 Å². The Bertz CT molecular complexity index is 1050. The fraction of sp³-hybridized carbons (Fsp3) is 0.391. The quantitative estimate of drug-likeness (QED) is 0.729. The van der Waals surface area contributed by atoms with Gasteiger partial charge in [-0.3, -0.25) is 9.69 Å². The molecule has 2 amide bonds. The first kappa shape index (κ1) is 21.5. The molecule has 4 rings (SSSR count). The van der Waals surface area contributed by atoms with Crippen LogP contribution in [0.4, 0.5) is 4.79 Å². The number of amides is 2. The summed E-state index contributed by atoms with van der Waals surface area (Å²) in [6.45, 7) is 5.61. The van der Waals surface area contributed by atoms with E-state index in [4.69, 9.17) is 16.3 Å². The number of aliphatic hydroxyl groups excluding tert-OH is 1. The van der Waals surface area contributed by atoms with Crippen LogP contribution in [0, 0.1) is 0 Å². The molecule has 2 aromatic rings. The van der Waals surface area contributed by atoms with Gasteiger partial charge in [0.2, 0.25) is 0 Å². The van der Waals surface area contributed by atoms with E-state index in [-0.39, 0.29) is 18.2 Å². The Kier molecular flexibility index (Phi) is 5.35. The number of ether oxygens (including phenoxy) is 1. The number of aliphatic hydroxyl groups is 1. The van der Waals surface area contributed by atoms with Crippen molar-refractivity contribution >= 4 is 23.6 Å². The highest BCUT2D eigenvalue weighted by Gasteiger charge is 2.42. The van der Waals surface area contributed by atoms with Crippen molar-refractivity contribution in [2.75, 3.05) is 13.1 Å². The first-order chi connectivity index (χ1) is 14.6. The second kappa shape index (κ2) is 7.73. The van der Waals surface area contributed by atoms with Crippen LogP contribution in [0.25, 0.3) is 0 Å². The van der Waals surface area contributed by atoms with E-state index >= 15 is 0 Å². The van der Waals surface area contributed by atoms with E-state index in [1.54, 1.807) is 51.1 Å². The SMILES string of the molecule is CC(C)(C)OC(=O)N1CCc2c(Cl)ccc(O)c2[C@H]1CN1C(=O)c2ccccc2C1O. The molecule has 0 aromatic heterocycles. The van der Waals surface area contributed by atoms with Gasteiger partial charge in [0, 0.05) is 34.8 Å². The maximum atomic E-state index is 13.0. The largest absolute Gasteiger partial charge is 0.508 e. The number of carbonyl (C=O) groups excluding carboxylic acids is 2. The third-order valence-electron chi connectivity index (χ3n) is 5.61. The lowest BCUT2D eigenvalue weighted by molar-refractivity contribution is -0.0119. The lowest BCUT2D eigenvalue weighted by Crippen LogP contribution is -2.47. The van der Waals surface area contributed by atoms with Gasteiger partial charge in [0.25, 0.3) is 5.91 Å². The minimum atomic E-state index is -1.14. The van der Waals surface area contributed by atoms with Crippen LogP contribution >= 0.6 is 11.6 Å². The van der Waals surface area contributed by atoms with Crippen molar-refractivity contribution in [1.82, 2.24) is 9.80 Å². The number of benzene rings is 2. The highest BCUT2D eigenvalue weighted by molar-refractivity contribution is 6.31. The van der Waals surface area contributed by atoms with Gasteiger partial charge in [-0.05, 0) is 51.0 Å². The third-order valence-corrected chi connectivity index (χ3v) is 5.97. The van der Waals surface area contributed by atoms with Gasteiger partial charge < -0.3 is 19.8 Å². The summed E-state index contributed by atoms with van der Waals surface area (Å²) in [6.07, 6.45) is -1.26. The molecule has 8 heteroatoms. The van der Waals surface area contributed by atoms with Crippen molar-refractivity contribution in [2.24, 2.45) is 0 Å². The van der Waals surface area contributed by atoms with E-state index in [1.165, 1.54) is 15.9 Å². The topological polar surface area (TPSA) is 90.3 Å². The zero-order valence-electron chi connectivity index (χ0n) is 17.6. The first-order valence-electron chi connectivity index (χ1n) is 10.2. The summed E-state index contributed by atoms with van der Waals surface area (Å²) in [4.78, 5) is 28.8. The number of hydrogen-bond donors (Lipinski definition) is 2. The molecule has 0 saturated heterocycles. The number of phenolic OH excluding ortho intramolecular Hbond substituents is 1. The normalized spacial score (nSPS) is 20.5. The number of nitrogens with zero attached hydrogens (tertiary/aromatic N) is 2. The Labute approximate surface area is 185 Å². The molecule has 0 bridgehead atoms. The second-order valence-corrected chi connectivity index (χ2v) is 9.22. The van der Waals surface area contributed by atoms with Crippen LogP contribution in [0.15, 0.2) is 36.4 Å². The van der Waals surface area contributed by atoms with Crippen LogP contribution in [0.1, 0.15) is 60.1 Å². The molecule has 2 atom stereocenters. The standard InChI is InChI=1S/C23H25ClN2O5/c1-23(2,3)31-22(30)25-11-10-15-16(24)8-9-18(27)19(15)17(25)12-26-20(28)13-6-4-5-7-14(13)21(26)29/h4-9,17,20,27-28H,10-12H2,1-3H3/t17-,20?/m1/s1. The zero-order valence-corrected chi connectivity index (χ0v) is 18.4. The molecule has 2 aliphatic rings. The van der Waals surface area contributed by atoms with E-state index in [0.717, 1.165) is 5.56 Å². The van der Waals surface area contributed by atoms with Crippen molar-refractivity contribution in [1.29, 1.82) is 0 Å². The van der Waals surface area contributed by atoms with Gasteiger partial charge in [0.15, 0.2) is 6.23 Å². The number of rotatable bonds is 2. The summed E-state index contributed by atoms with van der Waals surface area (Å²) in [6, 6.07) is 9.22. The third kappa shape index (κ3) is 3.83. The second-order valence-electron chi connectivity index (χ2n) is 8.82. The molecule has 164 valence electrons. The van der Waals surface area contributed by atoms with Gasteiger partial charge in [-0.2, -0.15) is 0 Å². The van der Waals surface area contributed by atoms with Crippen molar-refractivity contribution in [2.45, 2.75) is 45.1 Å². The highest BCUT2D eigenvalue weighted by atomic mass is 35.5. The van der Waals surface area contributed by atoms with E-state index < -0.39 is 24.0 Å². The number of hydrogen-bond acceptors (Lipinski definition) is 5. The summed E-state index contributed by atoms with van der Waals surface area (Å²) >= 11 is 6.38. The monoisotopic (exact) mass is 444 g/mol. The number of aromatic hydroxyl groups is 1. The summed E-state index contributed by atoms with van der Waals surface area (Å²) < 4.78 is 5.58. The summed E-state index contributed by atoms with van der Waals surface area (Å²) in [5, 5.41) is 22.0. The summed E-state index contributed by atoms with van der Waals surface area (Å²) in [7, 11) is 0. The van der Waals surface area contributed by atoms with Crippen LogP contribution in [-0.2, 0) is 11.2 Å².